The zero-order valence-corrected chi connectivity index (χ0v) is 15.5. The molecule has 0 unspecified atom stereocenters. The molecule has 0 aliphatic heterocycles. The van der Waals surface area contributed by atoms with Gasteiger partial charge in [0.1, 0.15) is 0 Å². The van der Waals surface area contributed by atoms with Crippen LogP contribution in [-0.2, 0) is 20.5 Å². The SMILES string of the molecule is O=[C]=[Rh][Cl].c1ccc(P(c2ccccc2)c2ccccc2)cc1. The average Bonchev–Trinajstić information content (AvgIpc) is 2.65. The van der Waals surface area contributed by atoms with Crippen molar-refractivity contribution in [3.05, 3.63) is 91.0 Å². The Morgan fingerprint density at radius 1 is 0.652 bits per heavy atom. The minimum absolute atomic E-state index is 0.446. The van der Waals surface area contributed by atoms with Gasteiger partial charge >= 0.3 is 34.6 Å². The predicted octanol–water partition coefficient (Wildman–Crippen LogP) is 3.73. The largest absolute Gasteiger partial charge is 0.0622 e. The van der Waals surface area contributed by atoms with Gasteiger partial charge in [-0.15, -0.1) is 0 Å². The van der Waals surface area contributed by atoms with Gasteiger partial charge in [0.15, 0.2) is 0 Å². The number of carbonyl (C=O) groups excluding carboxylic acids is 1. The van der Waals surface area contributed by atoms with Crippen molar-refractivity contribution in [1.29, 1.82) is 0 Å². The molecule has 118 valence electrons. The molecule has 3 rings (SSSR count). The van der Waals surface area contributed by atoms with E-state index >= 15 is 0 Å². The molecule has 0 spiro atoms. The van der Waals surface area contributed by atoms with Gasteiger partial charge in [0, 0.05) is 0 Å². The summed E-state index contributed by atoms with van der Waals surface area (Å²) in [7, 11) is 4.39. The van der Waals surface area contributed by atoms with Crippen molar-refractivity contribution in [2.75, 3.05) is 0 Å². The van der Waals surface area contributed by atoms with E-state index in [1.807, 2.05) is 0 Å². The van der Waals surface area contributed by atoms with E-state index in [1.54, 1.807) is 0 Å². The van der Waals surface area contributed by atoms with E-state index in [1.165, 1.54) is 20.4 Å². The third-order valence-corrected chi connectivity index (χ3v) is 5.94. The van der Waals surface area contributed by atoms with Gasteiger partial charge in [-0.3, -0.25) is 0 Å². The van der Waals surface area contributed by atoms with Crippen LogP contribution in [0.2, 0.25) is 0 Å². The minimum atomic E-state index is -0.465. The zero-order chi connectivity index (χ0) is 16.3. The molecular weight excluding hydrogens is 414 g/mol. The maximum atomic E-state index is 8.95. The van der Waals surface area contributed by atoms with Crippen LogP contribution in [0.15, 0.2) is 91.0 Å². The van der Waals surface area contributed by atoms with Crippen molar-refractivity contribution in [1.82, 2.24) is 0 Å². The fourth-order valence-corrected chi connectivity index (χ4v) is 4.48. The van der Waals surface area contributed by atoms with Gasteiger partial charge in [-0.05, 0) is 23.8 Å². The van der Waals surface area contributed by atoms with Gasteiger partial charge < -0.3 is 0 Å². The molecule has 0 heterocycles. The summed E-state index contributed by atoms with van der Waals surface area (Å²) in [6.45, 7) is 0. The average molecular weight is 429 g/mol. The fourth-order valence-electron chi connectivity index (χ4n) is 2.18. The normalized spacial score (nSPS) is 9.83. The summed E-state index contributed by atoms with van der Waals surface area (Å²) in [5.41, 5.74) is 0. The zero-order valence-electron chi connectivity index (χ0n) is 12.2. The molecular formula is C19H15ClOPRh. The van der Waals surface area contributed by atoms with Crippen LogP contribution in [0.5, 0.6) is 0 Å². The number of benzene rings is 3. The Kier molecular flexibility index (Phi) is 8.09. The first-order valence-corrected chi connectivity index (χ1v) is 11.2. The van der Waals surface area contributed by atoms with Gasteiger partial charge in [-0.25, -0.2) is 0 Å². The van der Waals surface area contributed by atoms with Crippen LogP contribution in [0.1, 0.15) is 0 Å². The third-order valence-electron chi connectivity index (χ3n) is 3.07. The van der Waals surface area contributed by atoms with Crippen LogP contribution in [0.4, 0.5) is 0 Å². The summed E-state index contributed by atoms with van der Waals surface area (Å²) in [4.78, 5) is 8.95. The van der Waals surface area contributed by atoms with Crippen molar-refractivity contribution >= 4 is 38.0 Å². The molecule has 0 saturated heterocycles. The van der Waals surface area contributed by atoms with Gasteiger partial charge in [0.2, 0.25) is 0 Å². The summed E-state index contributed by atoms with van der Waals surface area (Å²) in [6.07, 6.45) is 0. The second-order valence-corrected chi connectivity index (χ2v) is 8.08. The molecule has 23 heavy (non-hydrogen) atoms. The molecule has 4 heteroatoms. The Balaban J connectivity index is 0.000000433. The van der Waals surface area contributed by atoms with Crippen LogP contribution < -0.4 is 15.9 Å². The maximum Gasteiger partial charge on any atom is -0.0134 e. The van der Waals surface area contributed by atoms with Crippen LogP contribution in [0, 0.1) is 0 Å². The minimum Gasteiger partial charge on any atom is -0.0622 e. The quantitative estimate of drug-likeness (QED) is 0.459. The Hall–Kier alpha value is -1.42. The Morgan fingerprint density at radius 2 is 0.913 bits per heavy atom. The number of hydrogen-bond donors (Lipinski definition) is 0. The molecule has 0 saturated carbocycles. The van der Waals surface area contributed by atoms with Crippen molar-refractivity contribution in [2.24, 2.45) is 0 Å². The van der Waals surface area contributed by atoms with Crippen molar-refractivity contribution in [3.8, 4) is 0 Å². The summed E-state index contributed by atoms with van der Waals surface area (Å²) >= 11 is -0.465. The molecule has 0 fully saturated rings. The maximum absolute atomic E-state index is 8.95. The van der Waals surface area contributed by atoms with Crippen molar-refractivity contribution in [2.45, 2.75) is 0 Å². The van der Waals surface area contributed by atoms with Gasteiger partial charge in [-0.1, -0.05) is 91.0 Å². The van der Waals surface area contributed by atoms with E-state index in [0.29, 0.717) is 0 Å². The van der Waals surface area contributed by atoms with Gasteiger partial charge in [0.25, 0.3) is 0 Å². The molecule has 0 aliphatic carbocycles. The standard InChI is InChI=1S/C18H15P.CO.ClH.Rh/c1-4-10-16(11-5-1)19(17-12-6-2-7-13-17)18-14-8-3-9-15-18;1-2;;/h1-15H;;1H;/q;;;+1/p-1. The van der Waals surface area contributed by atoms with E-state index in [2.05, 4.69) is 91.0 Å². The van der Waals surface area contributed by atoms with Gasteiger partial charge in [0.05, 0.1) is 0 Å². The number of rotatable bonds is 3. The van der Waals surface area contributed by atoms with E-state index in [9.17, 15) is 0 Å². The monoisotopic (exact) mass is 428 g/mol. The molecule has 3 aromatic carbocycles. The smallest absolute Gasteiger partial charge is 0.0134 e. The predicted molar refractivity (Wildman–Crippen MR) is 96.7 cm³/mol. The Labute approximate surface area is 149 Å². The molecule has 0 bridgehead atoms. The van der Waals surface area contributed by atoms with Gasteiger partial charge in [-0.2, -0.15) is 0 Å². The summed E-state index contributed by atoms with van der Waals surface area (Å²) in [6, 6.07) is 32.3. The van der Waals surface area contributed by atoms with Crippen LogP contribution in [-0.4, -0.2) is 4.47 Å². The molecule has 0 aliphatic rings. The Morgan fingerprint density at radius 3 is 1.13 bits per heavy atom. The van der Waals surface area contributed by atoms with Crippen LogP contribution in [0.3, 0.4) is 0 Å². The Bertz CT molecular complexity index is 650. The van der Waals surface area contributed by atoms with E-state index < -0.39 is 23.6 Å². The number of hydrogen-bond acceptors (Lipinski definition) is 1. The summed E-state index contributed by atoms with van der Waals surface area (Å²) < 4.78 is 1.52. The second-order valence-electron chi connectivity index (χ2n) is 4.47. The van der Waals surface area contributed by atoms with E-state index in [-0.39, 0.29) is 0 Å². The summed E-state index contributed by atoms with van der Waals surface area (Å²) in [5, 5.41) is 4.19. The first kappa shape index (κ1) is 17.9. The first-order valence-electron chi connectivity index (χ1n) is 6.90. The molecule has 1 nitrogen and oxygen atoms in total. The van der Waals surface area contributed by atoms with Crippen molar-refractivity contribution in [3.63, 3.8) is 0 Å². The molecule has 0 radical (unpaired) electrons. The van der Waals surface area contributed by atoms with E-state index in [0.717, 1.165) is 0 Å². The van der Waals surface area contributed by atoms with Crippen LogP contribution in [0.25, 0.3) is 0 Å². The fraction of sp³-hybridized carbons (Fsp3) is 0. The first-order chi connectivity index (χ1) is 11.4. The molecule has 3 aromatic rings. The molecule has 0 N–H and O–H groups in total. The molecule has 0 amide bonds. The summed E-state index contributed by atoms with van der Waals surface area (Å²) in [5.74, 6) is 0. The van der Waals surface area contributed by atoms with E-state index in [4.69, 9.17) is 14.5 Å². The number of halogens is 1. The third kappa shape index (κ3) is 5.61. The molecule has 0 aromatic heterocycles. The topological polar surface area (TPSA) is 17.1 Å². The second kappa shape index (κ2) is 10.4. The van der Waals surface area contributed by atoms with Crippen molar-refractivity contribution < 1.29 is 20.5 Å². The molecule has 0 atom stereocenters. The van der Waals surface area contributed by atoms with Crippen LogP contribution >= 0.6 is 17.6 Å².